The van der Waals surface area contributed by atoms with Crippen LogP contribution in [0.3, 0.4) is 0 Å². The first-order valence-electron chi connectivity index (χ1n) is 21.7. The van der Waals surface area contributed by atoms with E-state index >= 15 is 0 Å². The SMILES string of the molecule is CC(C)c1cccc(C(C)C)c1B1N(C)c2ccc[c-]c2-c2nccn21.CC1(C)c2ccc[c-]c2-n2[c-][n+]3c(c2C1(C)C)-c1ccccc1-c1ccccc1-c1ccccc1-3.[Ir+3]. The van der Waals surface area contributed by atoms with E-state index < -0.39 is 0 Å². The normalized spacial score (nSPS) is 14.6. The third-order valence-corrected chi connectivity index (χ3v) is 14.0. The Labute approximate surface area is 381 Å². The molecule has 0 saturated carbocycles. The summed E-state index contributed by atoms with van der Waals surface area (Å²) < 4.78 is 6.87. The van der Waals surface area contributed by atoms with Gasteiger partial charge in [0.15, 0.2) is 0 Å². The minimum absolute atomic E-state index is 0. The van der Waals surface area contributed by atoms with Crippen LogP contribution in [0.25, 0.3) is 56.3 Å². The van der Waals surface area contributed by atoms with Crippen molar-refractivity contribution >= 4 is 18.1 Å². The second kappa shape index (κ2) is 15.6. The van der Waals surface area contributed by atoms with Crippen molar-refractivity contribution in [2.24, 2.45) is 0 Å². The summed E-state index contributed by atoms with van der Waals surface area (Å²) in [5.41, 5.74) is 18.5. The van der Waals surface area contributed by atoms with Crippen LogP contribution in [-0.2, 0) is 30.9 Å². The van der Waals surface area contributed by atoms with Gasteiger partial charge in [-0.3, -0.25) is 9.55 Å². The van der Waals surface area contributed by atoms with Crippen molar-refractivity contribution in [3.05, 3.63) is 181 Å². The third kappa shape index (κ3) is 6.14. The molecule has 62 heavy (non-hydrogen) atoms. The molecule has 0 atom stereocenters. The molecule has 11 rings (SSSR count). The summed E-state index contributed by atoms with van der Waals surface area (Å²) in [6.45, 7) is 18.7. The average Bonchev–Trinajstić information content (AvgIpc) is 3.93. The van der Waals surface area contributed by atoms with E-state index in [0.717, 1.165) is 22.8 Å². The second-order valence-electron chi connectivity index (χ2n) is 18.5. The van der Waals surface area contributed by atoms with Gasteiger partial charge in [-0.25, -0.2) is 0 Å². The number of hydrogen-bond acceptors (Lipinski definition) is 2. The number of imidazole rings is 2. The maximum atomic E-state index is 4.66. The predicted octanol–water partition coefficient (Wildman–Crippen LogP) is 11.5. The van der Waals surface area contributed by atoms with E-state index in [-0.39, 0.29) is 37.9 Å². The Hall–Kier alpha value is -5.75. The molecule has 7 heteroatoms. The van der Waals surface area contributed by atoms with Gasteiger partial charge in [-0.05, 0) is 80.5 Å². The molecule has 0 bridgehead atoms. The number of para-hydroxylation sites is 2. The van der Waals surface area contributed by atoms with E-state index in [2.05, 4.69) is 226 Å². The minimum atomic E-state index is -0.160. The fourth-order valence-corrected chi connectivity index (χ4v) is 10.3. The van der Waals surface area contributed by atoms with E-state index in [0.29, 0.717) is 11.8 Å². The number of nitrogens with zero attached hydrogens (tertiary/aromatic N) is 5. The number of benzene rings is 6. The Balaban J connectivity index is 0.000000163. The van der Waals surface area contributed by atoms with Gasteiger partial charge in [0.1, 0.15) is 0 Å². The molecule has 0 radical (unpaired) electrons. The molecule has 0 aliphatic carbocycles. The van der Waals surface area contributed by atoms with Crippen LogP contribution in [0.1, 0.15) is 89.6 Å². The van der Waals surface area contributed by atoms with Gasteiger partial charge in [-0.15, -0.1) is 29.8 Å². The van der Waals surface area contributed by atoms with Crippen molar-refractivity contribution in [3.8, 4) is 56.3 Å². The largest absolute Gasteiger partial charge is 3.00 e. The standard InChI is InChI=1S/C33H27N2.C22H25BN3.Ir/c1-32(2)27-18-10-12-20-29(27)35-21-34-28-19-11-9-16-25(28)23-14-6-5-13-22(23)24-15-7-8-17-26(24)30(34)31(35)33(32,3)4;1-15(2)17-10-8-11-18(16(3)4)21(17)23-25(5)20-12-7-6-9-19(20)22-24-13-14-26(22)23;/h5-19H,1-4H3;6-8,10-16H,1-5H3;/q2*-1;+3. The number of aromatic nitrogens is 4. The molecule has 0 saturated heterocycles. The summed E-state index contributed by atoms with van der Waals surface area (Å²) in [5, 5.41) is 0. The first-order valence-corrected chi connectivity index (χ1v) is 21.7. The van der Waals surface area contributed by atoms with Gasteiger partial charge in [0.05, 0.1) is 17.1 Å². The van der Waals surface area contributed by atoms with Crippen LogP contribution in [0.2, 0.25) is 0 Å². The summed E-state index contributed by atoms with van der Waals surface area (Å²) >= 11 is 0. The van der Waals surface area contributed by atoms with E-state index in [4.69, 9.17) is 0 Å². The van der Waals surface area contributed by atoms with Crippen molar-refractivity contribution in [1.82, 2.24) is 14.0 Å². The van der Waals surface area contributed by atoms with Gasteiger partial charge in [0.25, 0.3) is 6.33 Å². The zero-order chi connectivity index (χ0) is 42.4. The zero-order valence-corrected chi connectivity index (χ0v) is 39.5. The van der Waals surface area contributed by atoms with Crippen LogP contribution in [0.15, 0.2) is 140 Å². The minimum Gasteiger partial charge on any atom is -0.436 e. The quantitative estimate of drug-likeness (QED) is 0.100. The van der Waals surface area contributed by atoms with Crippen molar-refractivity contribution in [1.29, 1.82) is 0 Å². The molecule has 3 aliphatic rings. The van der Waals surface area contributed by atoms with Crippen LogP contribution in [-0.4, -0.2) is 28.1 Å². The Morgan fingerprint density at radius 1 is 0.645 bits per heavy atom. The van der Waals surface area contributed by atoms with Crippen LogP contribution in [0.4, 0.5) is 5.69 Å². The van der Waals surface area contributed by atoms with Crippen LogP contribution in [0, 0.1) is 18.5 Å². The molecule has 0 amide bonds. The number of fused-ring (bicyclic) bond motifs is 15. The number of hydrogen-bond donors (Lipinski definition) is 0. The summed E-state index contributed by atoms with van der Waals surface area (Å²) in [7, 11) is 2.18. The first-order chi connectivity index (χ1) is 29.4. The van der Waals surface area contributed by atoms with Gasteiger partial charge in [-0.2, -0.15) is 24.3 Å². The summed E-state index contributed by atoms with van der Waals surface area (Å²) in [6, 6.07) is 52.6. The van der Waals surface area contributed by atoms with E-state index in [9.17, 15) is 0 Å². The van der Waals surface area contributed by atoms with Gasteiger partial charge in [-0.1, -0.05) is 157 Å². The van der Waals surface area contributed by atoms with E-state index in [1.807, 2.05) is 18.3 Å². The van der Waals surface area contributed by atoms with Crippen molar-refractivity contribution in [2.75, 3.05) is 11.9 Å². The molecule has 2 aromatic heterocycles. The number of rotatable bonds is 3. The first kappa shape index (κ1) is 41.6. The van der Waals surface area contributed by atoms with E-state index in [1.165, 1.54) is 67.0 Å². The van der Waals surface area contributed by atoms with Gasteiger partial charge in [0, 0.05) is 18.2 Å². The Bertz CT molecular complexity index is 2960. The molecular formula is C55H52BIrN5+. The molecule has 3 aliphatic heterocycles. The topological polar surface area (TPSA) is 29.9 Å². The van der Waals surface area contributed by atoms with Gasteiger partial charge < -0.3 is 13.9 Å². The van der Waals surface area contributed by atoms with Gasteiger partial charge in [0.2, 0.25) is 0 Å². The maximum absolute atomic E-state index is 4.66. The monoisotopic (exact) mass is 986 g/mol. The zero-order valence-electron chi connectivity index (χ0n) is 37.1. The second-order valence-corrected chi connectivity index (χ2v) is 18.5. The van der Waals surface area contributed by atoms with Gasteiger partial charge >= 0.3 is 27.1 Å². The molecule has 0 N–H and O–H groups in total. The van der Waals surface area contributed by atoms with Crippen molar-refractivity contribution < 1.29 is 24.7 Å². The van der Waals surface area contributed by atoms with Crippen molar-refractivity contribution in [3.63, 3.8) is 0 Å². The Morgan fingerprint density at radius 3 is 1.90 bits per heavy atom. The average molecular weight is 986 g/mol. The Kier molecular flexibility index (Phi) is 10.4. The van der Waals surface area contributed by atoms with Crippen LogP contribution < -0.4 is 14.8 Å². The summed E-state index contributed by atoms with van der Waals surface area (Å²) in [4.78, 5) is 7.03. The number of anilines is 1. The maximum Gasteiger partial charge on any atom is 3.00 e. The summed E-state index contributed by atoms with van der Waals surface area (Å²) in [5.74, 6) is 1.93. The van der Waals surface area contributed by atoms with Crippen LogP contribution >= 0.6 is 0 Å². The third-order valence-electron chi connectivity index (χ3n) is 14.0. The predicted molar refractivity (Wildman–Crippen MR) is 251 cm³/mol. The fraction of sp³-hybridized carbons (Fsp3) is 0.236. The Morgan fingerprint density at radius 2 is 1.23 bits per heavy atom. The van der Waals surface area contributed by atoms with E-state index in [1.54, 1.807) is 0 Å². The molecule has 5 heterocycles. The fourth-order valence-electron chi connectivity index (χ4n) is 10.3. The molecule has 308 valence electrons. The molecular weight excluding hydrogens is 934 g/mol. The smallest absolute Gasteiger partial charge is 0.436 e. The van der Waals surface area contributed by atoms with Crippen LogP contribution in [0.5, 0.6) is 0 Å². The molecule has 0 spiro atoms. The molecule has 0 unspecified atom stereocenters. The molecule has 0 fully saturated rings. The molecule has 8 aromatic rings. The summed E-state index contributed by atoms with van der Waals surface area (Å²) in [6.07, 6.45) is 7.80. The molecule has 6 aromatic carbocycles. The van der Waals surface area contributed by atoms with Crippen molar-refractivity contribution in [2.45, 2.75) is 78.1 Å². The molecule has 5 nitrogen and oxygen atoms in total.